The molecule has 9 N–H and O–H groups in total. The molecule has 2 heterocycles. The Morgan fingerprint density at radius 3 is 2.35 bits per heavy atom. The highest BCUT2D eigenvalue weighted by atomic mass is 16.4. The third-order valence-electron chi connectivity index (χ3n) is 8.23. The maximum atomic E-state index is 14.2. The van der Waals surface area contributed by atoms with Crippen LogP contribution in [0.2, 0.25) is 0 Å². The number of fused-ring (bicyclic) bond motifs is 1. The molecule has 0 aliphatic carbocycles. The summed E-state index contributed by atoms with van der Waals surface area (Å²) in [5.41, 5.74) is 13.5. The fraction of sp³-hybridized carbons (Fsp3) is 0.424. The summed E-state index contributed by atoms with van der Waals surface area (Å²) in [6.07, 6.45) is 4.32. The number of hydrogen-bond acceptors (Lipinski definition) is 7. The summed E-state index contributed by atoms with van der Waals surface area (Å²) in [6, 6.07) is 12.6. The number of unbranched alkanes of at least 4 members (excludes halogenated alkanes) is 1. The van der Waals surface area contributed by atoms with Crippen LogP contribution in [0.4, 0.5) is 0 Å². The predicted molar refractivity (Wildman–Crippen MR) is 172 cm³/mol. The van der Waals surface area contributed by atoms with E-state index < -0.39 is 53.8 Å². The molecule has 1 aromatic heterocycles. The summed E-state index contributed by atoms with van der Waals surface area (Å²) in [6.45, 7) is 0.362. The highest BCUT2D eigenvalue weighted by Gasteiger charge is 2.39. The lowest BCUT2D eigenvalue weighted by molar-refractivity contribution is -0.145. The SMILES string of the molecule is NCCCC[C@H](NC(=O)[C@@H]1CCCN1C(=O)[C@H](Cc1c[nH]c2ccccc12)NC(=O)[C@H](Cc1ccccc1)NC(=O)CN)C(=O)O. The van der Waals surface area contributed by atoms with Crippen LogP contribution in [0.3, 0.4) is 0 Å². The van der Waals surface area contributed by atoms with Gasteiger partial charge in [0, 0.05) is 36.5 Å². The Hall–Kier alpha value is -4.75. The van der Waals surface area contributed by atoms with Crippen LogP contribution in [-0.2, 0) is 36.8 Å². The van der Waals surface area contributed by atoms with Crippen molar-refractivity contribution in [3.63, 3.8) is 0 Å². The molecule has 2 aromatic carbocycles. The number of para-hydroxylation sites is 1. The first-order chi connectivity index (χ1) is 22.2. The Bertz CT molecular complexity index is 1510. The van der Waals surface area contributed by atoms with Crippen molar-refractivity contribution in [2.45, 2.75) is 69.1 Å². The number of nitrogens with zero attached hydrogens (tertiary/aromatic N) is 1. The van der Waals surface area contributed by atoms with Gasteiger partial charge >= 0.3 is 5.97 Å². The van der Waals surface area contributed by atoms with E-state index in [0.29, 0.717) is 32.2 Å². The van der Waals surface area contributed by atoms with Crippen molar-refractivity contribution in [1.82, 2.24) is 25.8 Å². The van der Waals surface area contributed by atoms with Crippen molar-refractivity contribution >= 4 is 40.5 Å². The minimum absolute atomic E-state index is 0.110. The van der Waals surface area contributed by atoms with Gasteiger partial charge in [-0.1, -0.05) is 48.5 Å². The van der Waals surface area contributed by atoms with E-state index in [1.807, 2.05) is 54.6 Å². The normalized spacial score (nSPS) is 16.4. The molecular weight excluding hydrogens is 590 g/mol. The van der Waals surface area contributed by atoms with Gasteiger partial charge in [0.25, 0.3) is 0 Å². The Morgan fingerprint density at radius 2 is 1.63 bits per heavy atom. The molecule has 1 aliphatic rings. The monoisotopic (exact) mass is 633 g/mol. The average molecular weight is 634 g/mol. The number of hydrogen-bond donors (Lipinski definition) is 7. The summed E-state index contributed by atoms with van der Waals surface area (Å²) in [7, 11) is 0. The molecule has 4 amide bonds. The molecule has 13 heteroatoms. The average Bonchev–Trinajstić information content (AvgIpc) is 3.71. The van der Waals surface area contributed by atoms with Crippen LogP contribution in [0, 0.1) is 0 Å². The van der Waals surface area contributed by atoms with Crippen molar-refractivity contribution < 1.29 is 29.1 Å². The Morgan fingerprint density at radius 1 is 0.891 bits per heavy atom. The summed E-state index contributed by atoms with van der Waals surface area (Å²) < 4.78 is 0. The first kappa shape index (κ1) is 34.1. The van der Waals surface area contributed by atoms with E-state index in [1.54, 1.807) is 6.20 Å². The topological polar surface area (TPSA) is 213 Å². The fourth-order valence-electron chi connectivity index (χ4n) is 5.83. The molecule has 46 heavy (non-hydrogen) atoms. The molecule has 0 bridgehead atoms. The number of nitrogens with two attached hydrogens (primary N) is 2. The van der Waals surface area contributed by atoms with Crippen molar-refractivity contribution in [2.24, 2.45) is 11.5 Å². The molecule has 1 aliphatic heterocycles. The molecule has 0 unspecified atom stereocenters. The standard InChI is InChI=1S/C33H43N7O6/c34-15-7-6-13-25(33(45)46)38-31(43)28-14-8-16-40(28)32(44)27(18-22-20-36-24-12-5-4-11-23(22)24)39-30(42)26(37-29(41)19-35)17-21-9-2-1-3-10-21/h1-5,9-12,20,25-28,36H,6-8,13-19,34-35H2,(H,37,41)(H,38,43)(H,39,42)(H,45,46)/t25-,26-,27-,28-/m0/s1. The summed E-state index contributed by atoms with van der Waals surface area (Å²) >= 11 is 0. The number of aromatic nitrogens is 1. The van der Waals surface area contributed by atoms with Crippen molar-refractivity contribution in [1.29, 1.82) is 0 Å². The molecule has 3 aromatic rings. The van der Waals surface area contributed by atoms with Gasteiger partial charge in [0.1, 0.15) is 24.2 Å². The number of aliphatic carboxylic acids is 1. The number of carboxylic acid groups (broad SMARTS) is 1. The maximum absolute atomic E-state index is 14.2. The van der Waals surface area contributed by atoms with E-state index in [2.05, 4.69) is 20.9 Å². The smallest absolute Gasteiger partial charge is 0.326 e. The van der Waals surface area contributed by atoms with Crippen LogP contribution in [0.5, 0.6) is 0 Å². The van der Waals surface area contributed by atoms with Gasteiger partial charge in [0.15, 0.2) is 0 Å². The van der Waals surface area contributed by atoms with Gasteiger partial charge in [-0.15, -0.1) is 0 Å². The number of benzene rings is 2. The highest BCUT2D eigenvalue weighted by molar-refractivity contribution is 5.96. The third kappa shape index (κ3) is 8.92. The van der Waals surface area contributed by atoms with Crippen LogP contribution in [0.25, 0.3) is 10.9 Å². The number of nitrogens with one attached hydrogen (secondary N) is 4. The van der Waals surface area contributed by atoms with E-state index in [1.165, 1.54) is 4.90 Å². The first-order valence-electron chi connectivity index (χ1n) is 15.6. The number of rotatable bonds is 16. The van der Waals surface area contributed by atoms with Gasteiger partial charge in [0.05, 0.1) is 6.54 Å². The number of carboxylic acids is 1. The molecule has 0 radical (unpaired) electrons. The molecule has 0 saturated carbocycles. The van der Waals surface area contributed by atoms with Gasteiger partial charge in [-0.05, 0) is 55.8 Å². The molecule has 246 valence electrons. The molecule has 0 spiro atoms. The number of carbonyl (C=O) groups excluding carboxylic acids is 4. The lowest BCUT2D eigenvalue weighted by Gasteiger charge is -2.30. The van der Waals surface area contributed by atoms with Gasteiger partial charge in [-0.25, -0.2) is 4.79 Å². The lowest BCUT2D eigenvalue weighted by Crippen LogP contribution is -2.58. The summed E-state index contributed by atoms with van der Waals surface area (Å²) in [5.74, 6) is -3.29. The van der Waals surface area contributed by atoms with Crippen molar-refractivity contribution in [3.05, 3.63) is 71.9 Å². The highest BCUT2D eigenvalue weighted by Crippen LogP contribution is 2.23. The van der Waals surface area contributed by atoms with Crippen LogP contribution in [0.15, 0.2) is 60.8 Å². The number of carbonyl (C=O) groups is 5. The van der Waals surface area contributed by atoms with Crippen LogP contribution < -0.4 is 27.4 Å². The minimum Gasteiger partial charge on any atom is -0.480 e. The molecule has 1 fully saturated rings. The van der Waals surface area contributed by atoms with E-state index in [9.17, 15) is 29.1 Å². The first-order valence-corrected chi connectivity index (χ1v) is 15.6. The molecular formula is C33H43N7O6. The van der Waals surface area contributed by atoms with E-state index in [-0.39, 0.29) is 32.4 Å². The third-order valence-corrected chi connectivity index (χ3v) is 8.23. The molecule has 4 atom stereocenters. The summed E-state index contributed by atoms with van der Waals surface area (Å²) in [4.78, 5) is 70.1. The molecule has 1 saturated heterocycles. The Labute approximate surface area is 267 Å². The number of aromatic amines is 1. The lowest BCUT2D eigenvalue weighted by atomic mass is 10.0. The van der Waals surface area contributed by atoms with E-state index in [4.69, 9.17) is 11.5 Å². The van der Waals surface area contributed by atoms with Gasteiger partial charge < -0.3 is 42.4 Å². The van der Waals surface area contributed by atoms with Crippen molar-refractivity contribution in [2.75, 3.05) is 19.6 Å². The molecule has 4 rings (SSSR count). The number of amides is 4. The van der Waals surface area contributed by atoms with Crippen LogP contribution in [-0.4, -0.2) is 88.4 Å². The van der Waals surface area contributed by atoms with Gasteiger partial charge in [-0.2, -0.15) is 0 Å². The minimum atomic E-state index is -1.16. The Balaban J connectivity index is 1.58. The largest absolute Gasteiger partial charge is 0.480 e. The zero-order valence-corrected chi connectivity index (χ0v) is 25.7. The second kappa shape index (κ2) is 16.5. The zero-order valence-electron chi connectivity index (χ0n) is 25.7. The quantitative estimate of drug-likeness (QED) is 0.111. The van der Waals surface area contributed by atoms with Crippen LogP contribution in [0.1, 0.15) is 43.2 Å². The summed E-state index contributed by atoms with van der Waals surface area (Å²) in [5, 5.41) is 18.7. The Kier molecular flexibility index (Phi) is 12.3. The van der Waals surface area contributed by atoms with Gasteiger partial charge in [0.2, 0.25) is 23.6 Å². The van der Waals surface area contributed by atoms with Gasteiger partial charge in [-0.3, -0.25) is 19.2 Å². The second-order valence-electron chi connectivity index (χ2n) is 11.5. The number of H-pyrrole nitrogens is 1. The maximum Gasteiger partial charge on any atom is 0.326 e. The predicted octanol–water partition coefficient (Wildman–Crippen LogP) is 0.571. The van der Waals surface area contributed by atoms with Crippen molar-refractivity contribution in [3.8, 4) is 0 Å². The fourth-order valence-corrected chi connectivity index (χ4v) is 5.83. The molecule has 13 nitrogen and oxygen atoms in total. The number of likely N-dealkylation sites (tertiary alicyclic amines) is 1. The van der Waals surface area contributed by atoms with E-state index >= 15 is 0 Å². The second-order valence-corrected chi connectivity index (χ2v) is 11.5. The van der Waals surface area contributed by atoms with Crippen LogP contribution >= 0.6 is 0 Å². The zero-order chi connectivity index (χ0) is 33.1. The van der Waals surface area contributed by atoms with E-state index in [0.717, 1.165) is 22.0 Å².